The minimum Gasteiger partial charge on any atom is -0.368 e. The quantitative estimate of drug-likeness (QED) is 0.778. The van der Waals surface area contributed by atoms with Gasteiger partial charge in [-0.15, -0.1) is 11.3 Å². The van der Waals surface area contributed by atoms with Crippen LogP contribution in [0.25, 0.3) is 0 Å². The van der Waals surface area contributed by atoms with Crippen LogP contribution in [0.1, 0.15) is 31.6 Å². The number of nitrogens with one attached hydrogen (secondary N) is 1. The van der Waals surface area contributed by atoms with Crippen molar-refractivity contribution in [3.8, 4) is 0 Å². The zero-order valence-corrected chi connectivity index (χ0v) is 10.1. The third-order valence-corrected chi connectivity index (χ3v) is 3.40. The largest absolute Gasteiger partial charge is 0.368 e. The summed E-state index contributed by atoms with van der Waals surface area (Å²) in [6.45, 7) is 4.62. The van der Waals surface area contributed by atoms with Gasteiger partial charge in [-0.2, -0.15) is 0 Å². The molecule has 1 rings (SSSR count). The van der Waals surface area contributed by atoms with Crippen LogP contribution in [0.3, 0.4) is 0 Å². The predicted molar refractivity (Wildman–Crippen MR) is 63.7 cm³/mol. The Hall–Kier alpha value is -0.870. The fourth-order valence-electron chi connectivity index (χ4n) is 1.49. The van der Waals surface area contributed by atoms with Crippen LogP contribution in [0.5, 0.6) is 0 Å². The average molecular weight is 226 g/mol. The highest BCUT2D eigenvalue weighted by molar-refractivity contribution is 7.09. The molecule has 1 aromatic rings. The number of carbonyl (C=O) groups is 1. The van der Waals surface area contributed by atoms with Crippen LogP contribution in [-0.4, -0.2) is 11.4 Å². The van der Waals surface area contributed by atoms with Crippen LogP contribution in [0.4, 0.5) is 0 Å². The van der Waals surface area contributed by atoms with Crippen molar-refractivity contribution in [1.82, 2.24) is 5.32 Å². The van der Waals surface area contributed by atoms with Crippen LogP contribution < -0.4 is 11.1 Å². The van der Waals surface area contributed by atoms with Gasteiger partial charge in [0.2, 0.25) is 5.91 Å². The number of nitrogens with two attached hydrogens (primary N) is 1. The molecule has 0 bridgehead atoms. The van der Waals surface area contributed by atoms with E-state index in [9.17, 15) is 4.79 Å². The highest BCUT2D eigenvalue weighted by Gasteiger charge is 2.29. The van der Waals surface area contributed by atoms with Crippen molar-refractivity contribution in [2.75, 3.05) is 0 Å². The maximum atomic E-state index is 11.3. The monoisotopic (exact) mass is 226 g/mol. The summed E-state index contributed by atoms with van der Waals surface area (Å²) in [5, 5.41) is 5.26. The Morgan fingerprint density at radius 1 is 1.67 bits per heavy atom. The van der Waals surface area contributed by atoms with Gasteiger partial charge in [0.25, 0.3) is 0 Å². The molecule has 0 aromatic carbocycles. The predicted octanol–water partition coefficient (Wildman–Crippen LogP) is 1.88. The summed E-state index contributed by atoms with van der Waals surface area (Å²) in [7, 11) is 0. The second kappa shape index (κ2) is 5.28. The molecule has 4 heteroatoms. The second-order valence-corrected chi connectivity index (χ2v) is 4.91. The Kier molecular flexibility index (Phi) is 4.29. The van der Waals surface area contributed by atoms with Crippen molar-refractivity contribution in [2.24, 2.45) is 5.73 Å². The van der Waals surface area contributed by atoms with E-state index in [2.05, 4.69) is 5.32 Å². The Labute approximate surface area is 94.7 Å². The molecule has 0 saturated carbocycles. The van der Waals surface area contributed by atoms with E-state index in [4.69, 9.17) is 5.73 Å². The molecule has 0 aliphatic carbocycles. The molecule has 3 N–H and O–H groups in total. The zero-order chi connectivity index (χ0) is 11.3. The lowest BCUT2D eigenvalue weighted by Crippen LogP contribution is -2.52. The van der Waals surface area contributed by atoms with Crippen molar-refractivity contribution < 1.29 is 4.79 Å². The summed E-state index contributed by atoms with van der Waals surface area (Å²) in [5.74, 6) is -0.277. The van der Waals surface area contributed by atoms with Gasteiger partial charge in [0.05, 0.1) is 5.54 Å². The number of hydrogen-bond acceptors (Lipinski definition) is 3. The van der Waals surface area contributed by atoms with E-state index in [1.165, 1.54) is 4.88 Å². The molecule has 0 aliphatic rings. The molecule has 1 atom stereocenters. The summed E-state index contributed by atoms with van der Waals surface area (Å²) >= 11 is 1.68. The van der Waals surface area contributed by atoms with Crippen LogP contribution >= 0.6 is 11.3 Å². The average Bonchev–Trinajstić information content (AvgIpc) is 2.67. The standard InChI is InChI=1S/C11H18N2OS/c1-3-6-11(2,10(12)14)13-8-9-5-4-7-15-9/h4-5,7,13H,3,6,8H2,1-2H3,(H2,12,14). The number of thiophene rings is 1. The summed E-state index contributed by atoms with van der Waals surface area (Å²) in [6.07, 6.45) is 1.71. The van der Waals surface area contributed by atoms with E-state index in [0.717, 1.165) is 12.8 Å². The number of carbonyl (C=O) groups excluding carboxylic acids is 1. The molecule has 0 aliphatic heterocycles. The normalized spacial score (nSPS) is 14.8. The van der Waals surface area contributed by atoms with E-state index in [1.54, 1.807) is 11.3 Å². The first-order chi connectivity index (χ1) is 7.08. The number of hydrogen-bond donors (Lipinski definition) is 2. The third kappa shape index (κ3) is 3.32. The molecule has 1 heterocycles. The minimum absolute atomic E-state index is 0.277. The summed E-state index contributed by atoms with van der Waals surface area (Å²) < 4.78 is 0. The van der Waals surface area contributed by atoms with Gasteiger partial charge >= 0.3 is 0 Å². The molecule has 3 nitrogen and oxygen atoms in total. The molecular formula is C11H18N2OS. The first-order valence-electron chi connectivity index (χ1n) is 5.16. The first-order valence-corrected chi connectivity index (χ1v) is 6.04. The Bertz CT molecular complexity index is 310. The van der Waals surface area contributed by atoms with E-state index in [0.29, 0.717) is 6.54 Å². The molecule has 15 heavy (non-hydrogen) atoms. The number of amides is 1. The van der Waals surface area contributed by atoms with Gasteiger partial charge in [-0.05, 0) is 24.8 Å². The SMILES string of the molecule is CCCC(C)(NCc1cccs1)C(N)=O. The molecule has 0 radical (unpaired) electrons. The zero-order valence-electron chi connectivity index (χ0n) is 9.25. The summed E-state index contributed by atoms with van der Waals surface area (Å²) in [4.78, 5) is 12.6. The fraction of sp³-hybridized carbons (Fsp3) is 0.545. The maximum Gasteiger partial charge on any atom is 0.237 e. The van der Waals surface area contributed by atoms with Crippen molar-refractivity contribution in [2.45, 2.75) is 38.8 Å². The van der Waals surface area contributed by atoms with Gasteiger partial charge in [0.15, 0.2) is 0 Å². The van der Waals surface area contributed by atoms with Crippen molar-refractivity contribution >= 4 is 17.2 Å². The lowest BCUT2D eigenvalue weighted by Gasteiger charge is -2.26. The van der Waals surface area contributed by atoms with Crippen molar-refractivity contribution in [1.29, 1.82) is 0 Å². The van der Waals surface area contributed by atoms with Crippen molar-refractivity contribution in [3.05, 3.63) is 22.4 Å². The summed E-state index contributed by atoms with van der Waals surface area (Å²) in [5.41, 5.74) is 4.81. The number of primary amides is 1. The van der Waals surface area contributed by atoms with Crippen LogP contribution in [0.15, 0.2) is 17.5 Å². The topological polar surface area (TPSA) is 55.1 Å². The lowest BCUT2D eigenvalue weighted by molar-refractivity contribution is -0.124. The molecule has 0 spiro atoms. The molecule has 1 unspecified atom stereocenters. The van der Waals surface area contributed by atoms with E-state index >= 15 is 0 Å². The number of rotatable bonds is 6. The third-order valence-electron chi connectivity index (χ3n) is 2.53. The van der Waals surface area contributed by atoms with E-state index in [1.807, 2.05) is 31.4 Å². The molecule has 0 fully saturated rings. The molecule has 1 amide bonds. The van der Waals surface area contributed by atoms with Gasteiger partial charge in [-0.3, -0.25) is 10.1 Å². The minimum atomic E-state index is -0.585. The Balaban J connectivity index is 2.56. The van der Waals surface area contributed by atoms with Gasteiger partial charge in [-0.25, -0.2) is 0 Å². The van der Waals surface area contributed by atoms with Crippen LogP contribution in [0.2, 0.25) is 0 Å². The second-order valence-electron chi connectivity index (χ2n) is 3.88. The molecule has 1 aromatic heterocycles. The van der Waals surface area contributed by atoms with E-state index in [-0.39, 0.29) is 5.91 Å². The van der Waals surface area contributed by atoms with Crippen LogP contribution in [0, 0.1) is 0 Å². The van der Waals surface area contributed by atoms with Gasteiger partial charge < -0.3 is 5.73 Å². The molecule has 0 saturated heterocycles. The van der Waals surface area contributed by atoms with Gasteiger partial charge in [0.1, 0.15) is 0 Å². The highest BCUT2D eigenvalue weighted by Crippen LogP contribution is 2.15. The highest BCUT2D eigenvalue weighted by atomic mass is 32.1. The lowest BCUT2D eigenvalue weighted by atomic mass is 9.95. The molecular weight excluding hydrogens is 208 g/mol. The Morgan fingerprint density at radius 2 is 2.40 bits per heavy atom. The maximum absolute atomic E-state index is 11.3. The molecule has 84 valence electrons. The van der Waals surface area contributed by atoms with Crippen molar-refractivity contribution in [3.63, 3.8) is 0 Å². The smallest absolute Gasteiger partial charge is 0.237 e. The first kappa shape index (κ1) is 12.2. The fourth-order valence-corrected chi connectivity index (χ4v) is 2.14. The van der Waals surface area contributed by atoms with Crippen LogP contribution in [-0.2, 0) is 11.3 Å². The van der Waals surface area contributed by atoms with Gasteiger partial charge in [0, 0.05) is 11.4 Å². The Morgan fingerprint density at radius 3 is 2.87 bits per heavy atom. The van der Waals surface area contributed by atoms with Gasteiger partial charge in [-0.1, -0.05) is 19.4 Å². The summed E-state index contributed by atoms with van der Waals surface area (Å²) in [6, 6.07) is 4.05. The van der Waals surface area contributed by atoms with E-state index < -0.39 is 5.54 Å².